The van der Waals surface area contributed by atoms with E-state index in [9.17, 15) is 19.2 Å². The maximum Gasteiger partial charge on any atom is 0.253 e. The van der Waals surface area contributed by atoms with E-state index in [1.807, 2.05) is 13.8 Å². The zero-order valence-electron chi connectivity index (χ0n) is 14.5. The number of aliphatic hydroxyl groups is 2. The van der Waals surface area contributed by atoms with E-state index in [0.717, 1.165) is 12.8 Å². The van der Waals surface area contributed by atoms with Gasteiger partial charge in [0.15, 0.2) is 0 Å². The van der Waals surface area contributed by atoms with Crippen molar-refractivity contribution in [3.63, 3.8) is 0 Å². The molecule has 25 heavy (non-hydrogen) atoms. The number of carbonyl (C=O) groups is 4. The van der Waals surface area contributed by atoms with Crippen molar-refractivity contribution < 1.29 is 61.5 Å². The molecule has 0 bridgehead atoms. The zero-order chi connectivity index (χ0) is 19.1. The Labute approximate surface area is 161 Å². The Morgan fingerprint density at radius 3 is 0.880 bits per heavy atom. The molecule has 0 atom stereocenters. The minimum Gasteiger partial charge on any atom is -0.396 e. The van der Waals surface area contributed by atoms with Crippen molar-refractivity contribution in [3.05, 3.63) is 0 Å². The van der Waals surface area contributed by atoms with Gasteiger partial charge in [-0.2, -0.15) is 10.1 Å². The summed E-state index contributed by atoms with van der Waals surface area (Å²) in [6, 6.07) is 0. The molecular weight excluding hydrogens is 372 g/mol. The molecule has 11 heteroatoms. The van der Waals surface area contributed by atoms with Crippen molar-refractivity contribution in [1.29, 1.82) is 0 Å². The van der Waals surface area contributed by atoms with Crippen LogP contribution in [-0.4, -0.2) is 67.6 Å². The van der Waals surface area contributed by atoms with Gasteiger partial charge in [-0.1, -0.05) is 13.8 Å². The van der Waals surface area contributed by atoms with Gasteiger partial charge in [-0.25, -0.2) is 0 Å². The van der Waals surface area contributed by atoms with Gasteiger partial charge in [-0.15, -0.1) is 0 Å². The molecule has 0 aromatic carbocycles. The fourth-order valence-corrected chi connectivity index (χ4v) is 1.13. The van der Waals surface area contributed by atoms with Gasteiger partial charge in [-0.3, -0.25) is 29.6 Å². The van der Waals surface area contributed by atoms with Crippen LogP contribution in [-0.2, 0) is 40.9 Å². The Hall–Kier alpha value is -1.17. The topological polar surface area (TPSA) is 156 Å². The Balaban J connectivity index is -0.000000270. The van der Waals surface area contributed by atoms with Gasteiger partial charge in [0.2, 0.25) is 0 Å². The van der Waals surface area contributed by atoms with Crippen LogP contribution in [0.15, 0.2) is 0 Å². The van der Waals surface area contributed by atoms with Crippen LogP contribution < -0.4 is 0 Å². The second-order valence-corrected chi connectivity index (χ2v) is 4.65. The molecule has 0 aliphatic carbocycles. The first-order chi connectivity index (χ1) is 11.3. The molecule has 0 aromatic heterocycles. The fourth-order valence-electron chi connectivity index (χ4n) is 1.13. The summed E-state index contributed by atoms with van der Waals surface area (Å²) in [6.45, 7) is 4.50. The van der Waals surface area contributed by atoms with Gasteiger partial charge >= 0.3 is 0 Å². The average Bonchev–Trinajstić information content (AvgIpc) is 3.05. The number of nitrogens with zero attached hydrogens (tertiary/aromatic N) is 2. The van der Waals surface area contributed by atoms with Gasteiger partial charge in [-0.05, 0) is 12.8 Å². The summed E-state index contributed by atoms with van der Waals surface area (Å²) in [5.74, 6) is -2.02. The number of hydroxylamine groups is 4. The molecule has 4 N–H and O–H groups in total. The fraction of sp³-hybridized carbons (Fsp3) is 0.714. The Morgan fingerprint density at radius 2 is 0.840 bits per heavy atom. The second-order valence-electron chi connectivity index (χ2n) is 4.65. The van der Waals surface area contributed by atoms with Gasteiger partial charge in [0.25, 0.3) is 23.6 Å². The minimum atomic E-state index is -0.505. The summed E-state index contributed by atoms with van der Waals surface area (Å²) in [4.78, 5) is 41.0. The molecule has 2 aliphatic rings. The molecule has 2 fully saturated rings. The van der Waals surface area contributed by atoms with Crippen molar-refractivity contribution >= 4 is 23.6 Å². The molecule has 144 valence electrons. The largest absolute Gasteiger partial charge is 0.396 e. The van der Waals surface area contributed by atoms with E-state index in [1.165, 1.54) is 0 Å². The van der Waals surface area contributed by atoms with Crippen LogP contribution in [0.4, 0.5) is 0 Å². The molecule has 2 saturated heterocycles. The van der Waals surface area contributed by atoms with Crippen LogP contribution in [0, 0.1) is 0 Å². The summed E-state index contributed by atoms with van der Waals surface area (Å²) in [5.41, 5.74) is 0. The molecule has 2 aliphatic heterocycles. The van der Waals surface area contributed by atoms with Gasteiger partial charge < -0.3 is 10.2 Å². The molecular formula is C14H26N2O8Ti. The van der Waals surface area contributed by atoms with E-state index in [0.29, 0.717) is 13.2 Å². The monoisotopic (exact) mass is 398 g/mol. The Morgan fingerprint density at radius 1 is 0.680 bits per heavy atom. The summed E-state index contributed by atoms with van der Waals surface area (Å²) in [6.07, 6.45) is 2.34. The first kappa shape index (κ1) is 28.6. The number of rotatable bonds is 2. The standard InChI is InChI=1S/2C4H5NO3.2C3H8O.Ti/c2*6-3-1-2-4(7)5(3)8;2*1-2-3-4;/h2*8H,1-2H2;2*4H,2-3H2,1H3;. The predicted molar refractivity (Wildman–Crippen MR) is 80.5 cm³/mol. The third kappa shape index (κ3) is 13.8. The molecule has 2 rings (SSSR count). The van der Waals surface area contributed by atoms with E-state index in [2.05, 4.69) is 0 Å². The summed E-state index contributed by atoms with van der Waals surface area (Å²) in [5, 5.41) is 32.9. The van der Waals surface area contributed by atoms with Gasteiger partial charge in [0, 0.05) is 60.6 Å². The quantitative estimate of drug-likeness (QED) is 0.284. The van der Waals surface area contributed by atoms with E-state index in [4.69, 9.17) is 20.6 Å². The van der Waals surface area contributed by atoms with Crippen LogP contribution in [0.3, 0.4) is 0 Å². The number of imide groups is 2. The maximum atomic E-state index is 10.2. The number of hydrogen-bond acceptors (Lipinski definition) is 8. The third-order valence-corrected chi connectivity index (χ3v) is 2.50. The van der Waals surface area contributed by atoms with E-state index in [1.54, 1.807) is 0 Å². The van der Waals surface area contributed by atoms with Crippen LogP contribution in [0.2, 0.25) is 0 Å². The van der Waals surface area contributed by atoms with Crippen molar-refractivity contribution in [2.75, 3.05) is 13.2 Å². The normalized spacial score (nSPS) is 15.4. The van der Waals surface area contributed by atoms with E-state index < -0.39 is 23.6 Å². The van der Waals surface area contributed by atoms with Crippen molar-refractivity contribution in [1.82, 2.24) is 10.1 Å². The first-order valence-electron chi connectivity index (χ1n) is 7.57. The number of aliphatic hydroxyl groups excluding tert-OH is 2. The molecule has 2 heterocycles. The number of carbonyl (C=O) groups excluding carboxylic acids is 4. The van der Waals surface area contributed by atoms with Crippen molar-refractivity contribution in [3.8, 4) is 0 Å². The van der Waals surface area contributed by atoms with E-state index in [-0.39, 0.29) is 57.5 Å². The molecule has 4 amide bonds. The Kier molecular flexibility index (Phi) is 20.2. The molecule has 0 spiro atoms. The molecule has 0 unspecified atom stereocenters. The van der Waals surface area contributed by atoms with Crippen molar-refractivity contribution in [2.45, 2.75) is 52.4 Å². The molecule has 10 nitrogen and oxygen atoms in total. The van der Waals surface area contributed by atoms with Gasteiger partial charge in [0.05, 0.1) is 0 Å². The zero-order valence-corrected chi connectivity index (χ0v) is 16.0. The summed E-state index contributed by atoms with van der Waals surface area (Å²) >= 11 is 0. The van der Waals surface area contributed by atoms with E-state index >= 15 is 0 Å². The van der Waals surface area contributed by atoms with Gasteiger partial charge in [0.1, 0.15) is 0 Å². The molecule has 0 radical (unpaired) electrons. The first-order valence-corrected chi connectivity index (χ1v) is 7.57. The van der Waals surface area contributed by atoms with Crippen LogP contribution >= 0.6 is 0 Å². The smallest absolute Gasteiger partial charge is 0.253 e. The maximum absolute atomic E-state index is 10.2. The minimum absolute atomic E-state index is 0. The van der Waals surface area contributed by atoms with Crippen LogP contribution in [0.25, 0.3) is 0 Å². The number of amides is 4. The van der Waals surface area contributed by atoms with Crippen LogP contribution in [0.5, 0.6) is 0 Å². The molecule has 0 aromatic rings. The second kappa shape index (κ2) is 17.7. The third-order valence-electron chi connectivity index (χ3n) is 2.50. The average molecular weight is 398 g/mol. The predicted octanol–water partition coefficient (Wildman–Crippen LogP) is -0.176. The van der Waals surface area contributed by atoms with Crippen LogP contribution in [0.1, 0.15) is 52.4 Å². The SMILES string of the molecule is CCCO.CCCO.O=C1CCC(=O)N1O.O=C1CCC(=O)N1O.[Ti]. The Bertz CT molecular complexity index is 346. The summed E-state index contributed by atoms with van der Waals surface area (Å²) < 4.78 is 0. The summed E-state index contributed by atoms with van der Waals surface area (Å²) in [7, 11) is 0. The van der Waals surface area contributed by atoms with Crippen molar-refractivity contribution in [2.24, 2.45) is 0 Å². The number of hydrogen-bond donors (Lipinski definition) is 4. The molecule has 0 saturated carbocycles.